The molecule has 3 rings (SSSR count). The van der Waals surface area contributed by atoms with Gasteiger partial charge >= 0.3 is 0 Å². The maximum absolute atomic E-state index is 12.7. The summed E-state index contributed by atoms with van der Waals surface area (Å²) in [5.74, 6) is 1.22. The van der Waals surface area contributed by atoms with Crippen LogP contribution in [0, 0.1) is 20.8 Å². The number of furan rings is 1. The van der Waals surface area contributed by atoms with Crippen molar-refractivity contribution in [3.63, 3.8) is 0 Å². The first-order valence-electron chi connectivity index (χ1n) is 7.93. The first kappa shape index (κ1) is 14.9. The third-order valence-corrected chi connectivity index (χ3v) is 4.33. The molecule has 0 N–H and O–H groups in total. The Labute approximate surface area is 130 Å². The van der Waals surface area contributed by atoms with Gasteiger partial charge in [-0.05, 0) is 58.2 Å². The van der Waals surface area contributed by atoms with Gasteiger partial charge in [-0.1, -0.05) is 0 Å². The SMILES string of the molecule is Cc1cc(C)n(C[C@H]2CCCCN2C(=O)c2ccc(C)o2)n1. The van der Waals surface area contributed by atoms with Gasteiger partial charge in [0.1, 0.15) is 5.76 Å². The minimum Gasteiger partial charge on any atom is -0.456 e. The van der Waals surface area contributed by atoms with Crippen molar-refractivity contribution in [1.29, 1.82) is 0 Å². The highest BCUT2D eigenvalue weighted by Crippen LogP contribution is 2.22. The quantitative estimate of drug-likeness (QED) is 0.875. The predicted molar refractivity (Wildman–Crippen MR) is 83.8 cm³/mol. The Bertz CT molecular complexity index is 671. The number of aryl methyl sites for hydroxylation is 3. The number of hydrogen-bond acceptors (Lipinski definition) is 3. The molecule has 0 unspecified atom stereocenters. The van der Waals surface area contributed by atoms with Gasteiger partial charge in [-0.15, -0.1) is 0 Å². The van der Waals surface area contributed by atoms with Gasteiger partial charge in [-0.2, -0.15) is 5.10 Å². The number of nitrogens with zero attached hydrogens (tertiary/aromatic N) is 3. The monoisotopic (exact) mass is 301 g/mol. The number of piperidine rings is 1. The van der Waals surface area contributed by atoms with Crippen molar-refractivity contribution >= 4 is 5.91 Å². The molecule has 0 bridgehead atoms. The molecule has 118 valence electrons. The number of carbonyl (C=O) groups excluding carboxylic acids is 1. The molecule has 2 aromatic heterocycles. The van der Waals surface area contributed by atoms with Crippen molar-refractivity contribution in [3.05, 3.63) is 41.1 Å². The largest absolute Gasteiger partial charge is 0.456 e. The van der Waals surface area contributed by atoms with Gasteiger partial charge in [-0.25, -0.2) is 0 Å². The lowest BCUT2D eigenvalue weighted by molar-refractivity contribution is 0.0549. The number of rotatable bonds is 3. The Morgan fingerprint density at radius 3 is 2.77 bits per heavy atom. The summed E-state index contributed by atoms with van der Waals surface area (Å²) in [5, 5.41) is 4.53. The smallest absolute Gasteiger partial charge is 0.289 e. The Morgan fingerprint density at radius 1 is 1.32 bits per heavy atom. The molecule has 0 spiro atoms. The molecule has 2 aromatic rings. The minimum absolute atomic E-state index is 0.000619. The van der Waals surface area contributed by atoms with E-state index in [1.165, 1.54) is 0 Å². The van der Waals surface area contributed by atoms with Crippen LogP contribution >= 0.6 is 0 Å². The third kappa shape index (κ3) is 2.93. The fourth-order valence-electron chi connectivity index (χ4n) is 3.21. The van der Waals surface area contributed by atoms with E-state index in [9.17, 15) is 4.79 Å². The van der Waals surface area contributed by atoms with E-state index in [2.05, 4.69) is 18.1 Å². The van der Waals surface area contributed by atoms with Crippen LogP contribution in [0.25, 0.3) is 0 Å². The Morgan fingerprint density at radius 2 is 2.14 bits per heavy atom. The molecule has 22 heavy (non-hydrogen) atoms. The molecule has 5 nitrogen and oxygen atoms in total. The maximum Gasteiger partial charge on any atom is 0.289 e. The average molecular weight is 301 g/mol. The van der Waals surface area contributed by atoms with E-state index in [1.807, 2.05) is 29.5 Å². The van der Waals surface area contributed by atoms with Gasteiger partial charge in [0, 0.05) is 12.2 Å². The molecule has 0 saturated carbocycles. The van der Waals surface area contributed by atoms with E-state index in [0.717, 1.165) is 49.5 Å². The number of aromatic nitrogens is 2. The normalized spacial score (nSPS) is 18.7. The zero-order valence-corrected chi connectivity index (χ0v) is 13.5. The zero-order valence-electron chi connectivity index (χ0n) is 13.5. The third-order valence-electron chi connectivity index (χ3n) is 4.33. The maximum atomic E-state index is 12.7. The summed E-state index contributed by atoms with van der Waals surface area (Å²) in [6.45, 7) is 7.47. The summed E-state index contributed by atoms with van der Waals surface area (Å²) >= 11 is 0. The van der Waals surface area contributed by atoms with Crippen LogP contribution in [-0.2, 0) is 6.54 Å². The van der Waals surface area contributed by atoms with Gasteiger partial charge in [0.25, 0.3) is 5.91 Å². The lowest BCUT2D eigenvalue weighted by atomic mass is 10.0. The number of carbonyl (C=O) groups is 1. The van der Waals surface area contributed by atoms with Gasteiger partial charge in [0.2, 0.25) is 0 Å². The Hall–Kier alpha value is -2.04. The van der Waals surface area contributed by atoms with Crippen LogP contribution in [0.4, 0.5) is 0 Å². The summed E-state index contributed by atoms with van der Waals surface area (Å²) in [7, 11) is 0. The van der Waals surface area contributed by atoms with Crippen LogP contribution in [0.1, 0.15) is 47.0 Å². The average Bonchev–Trinajstić information content (AvgIpc) is 3.05. The van der Waals surface area contributed by atoms with Crippen LogP contribution in [0.15, 0.2) is 22.6 Å². The van der Waals surface area contributed by atoms with Gasteiger partial charge in [0.15, 0.2) is 5.76 Å². The summed E-state index contributed by atoms with van der Waals surface area (Å²) in [4.78, 5) is 14.7. The molecular weight excluding hydrogens is 278 g/mol. The van der Waals surface area contributed by atoms with Crippen LogP contribution in [0.2, 0.25) is 0 Å². The molecule has 3 heterocycles. The highest BCUT2D eigenvalue weighted by Gasteiger charge is 2.29. The van der Waals surface area contributed by atoms with E-state index in [-0.39, 0.29) is 11.9 Å². The molecule has 1 aliphatic rings. The lowest BCUT2D eigenvalue weighted by Gasteiger charge is -2.35. The summed E-state index contributed by atoms with van der Waals surface area (Å²) in [6, 6.07) is 5.87. The molecule has 1 saturated heterocycles. The zero-order chi connectivity index (χ0) is 15.7. The van der Waals surface area contributed by atoms with Gasteiger partial charge < -0.3 is 9.32 Å². The minimum atomic E-state index is -0.000619. The van der Waals surface area contributed by atoms with Gasteiger partial charge in [-0.3, -0.25) is 9.48 Å². The lowest BCUT2D eigenvalue weighted by Crippen LogP contribution is -2.46. The molecule has 5 heteroatoms. The fourth-order valence-corrected chi connectivity index (χ4v) is 3.21. The number of hydrogen-bond donors (Lipinski definition) is 0. The van der Waals surface area contributed by atoms with Crippen molar-refractivity contribution in [2.75, 3.05) is 6.54 Å². The van der Waals surface area contributed by atoms with E-state index < -0.39 is 0 Å². The van der Waals surface area contributed by atoms with Crippen LogP contribution in [-0.4, -0.2) is 33.2 Å². The highest BCUT2D eigenvalue weighted by molar-refractivity contribution is 5.91. The summed E-state index contributed by atoms with van der Waals surface area (Å²) in [6.07, 6.45) is 3.23. The van der Waals surface area contributed by atoms with Crippen LogP contribution in [0.3, 0.4) is 0 Å². The van der Waals surface area contributed by atoms with Crippen molar-refractivity contribution in [1.82, 2.24) is 14.7 Å². The number of likely N-dealkylation sites (tertiary alicyclic amines) is 1. The Balaban J connectivity index is 1.79. The van der Waals surface area contributed by atoms with Crippen LogP contribution in [0.5, 0.6) is 0 Å². The summed E-state index contributed by atoms with van der Waals surface area (Å²) < 4.78 is 7.52. The first-order valence-corrected chi connectivity index (χ1v) is 7.93. The molecule has 0 aromatic carbocycles. The van der Waals surface area contributed by atoms with E-state index >= 15 is 0 Å². The molecule has 1 amide bonds. The molecular formula is C17H23N3O2. The predicted octanol–water partition coefficient (Wildman–Crippen LogP) is 3.10. The number of amides is 1. The molecule has 1 atom stereocenters. The fraction of sp³-hybridized carbons (Fsp3) is 0.529. The molecule has 1 fully saturated rings. The second-order valence-electron chi connectivity index (χ2n) is 6.17. The van der Waals surface area contributed by atoms with Crippen molar-refractivity contribution < 1.29 is 9.21 Å². The van der Waals surface area contributed by atoms with E-state index in [4.69, 9.17) is 4.42 Å². The summed E-state index contributed by atoms with van der Waals surface area (Å²) in [5.41, 5.74) is 2.16. The second-order valence-corrected chi connectivity index (χ2v) is 6.17. The molecule has 0 radical (unpaired) electrons. The van der Waals surface area contributed by atoms with E-state index in [1.54, 1.807) is 6.07 Å². The van der Waals surface area contributed by atoms with Crippen molar-refractivity contribution in [2.45, 2.75) is 52.6 Å². The molecule has 0 aliphatic carbocycles. The topological polar surface area (TPSA) is 51.3 Å². The Kier molecular flexibility index (Phi) is 4.05. The second kappa shape index (κ2) is 5.99. The standard InChI is InChI=1S/C17H23N3O2/c1-12-10-13(2)20(18-12)11-15-6-4-5-9-19(15)17(21)16-8-7-14(3)22-16/h7-8,10,15H,4-6,9,11H2,1-3H3/t15-/m1/s1. The van der Waals surface area contributed by atoms with Gasteiger partial charge in [0.05, 0.1) is 18.3 Å². The van der Waals surface area contributed by atoms with Crippen molar-refractivity contribution in [3.8, 4) is 0 Å². The van der Waals surface area contributed by atoms with Crippen LogP contribution < -0.4 is 0 Å². The van der Waals surface area contributed by atoms with Crippen molar-refractivity contribution in [2.24, 2.45) is 0 Å². The molecule has 1 aliphatic heterocycles. The highest BCUT2D eigenvalue weighted by atomic mass is 16.3. The van der Waals surface area contributed by atoms with E-state index in [0.29, 0.717) is 5.76 Å². The first-order chi connectivity index (χ1) is 10.5.